The van der Waals surface area contributed by atoms with E-state index in [-0.39, 0.29) is 30.5 Å². The molecule has 0 saturated heterocycles. The zero-order valence-corrected chi connectivity index (χ0v) is 15.5. The molecule has 7 heteroatoms. The molecule has 0 fully saturated rings. The van der Waals surface area contributed by atoms with Gasteiger partial charge in [-0.2, -0.15) is 5.10 Å². The van der Waals surface area contributed by atoms with Crippen LogP contribution in [0.2, 0.25) is 0 Å². The Labute approximate surface area is 158 Å². The fourth-order valence-corrected chi connectivity index (χ4v) is 2.31. The number of anilines is 1. The van der Waals surface area contributed by atoms with Gasteiger partial charge in [-0.1, -0.05) is 12.1 Å². The molecule has 0 heterocycles. The first-order valence-electron chi connectivity index (χ1n) is 7.66. The van der Waals surface area contributed by atoms with Gasteiger partial charge in [0.2, 0.25) is 11.8 Å². The number of amides is 2. The molecule has 0 unspecified atom stereocenters. The lowest BCUT2D eigenvalue weighted by atomic mass is 10.2. The van der Waals surface area contributed by atoms with Gasteiger partial charge in [0.25, 0.3) is 0 Å². The number of benzene rings is 2. The van der Waals surface area contributed by atoms with Crippen LogP contribution >= 0.6 is 22.6 Å². The monoisotopic (exact) mass is 453 g/mol. The molecular formula is C18H17FIN3O2. The van der Waals surface area contributed by atoms with Crippen LogP contribution in [0.1, 0.15) is 24.8 Å². The fourth-order valence-electron chi connectivity index (χ4n) is 1.95. The van der Waals surface area contributed by atoms with E-state index in [2.05, 4.69) is 38.4 Å². The number of nitrogens with one attached hydrogen (secondary N) is 2. The SMILES string of the molecule is O=C(CCCC(=O)Nc1ccc(I)cc1)N/N=C\c1ccc(F)cc1. The molecule has 2 amide bonds. The van der Waals surface area contributed by atoms with Crippen molar-refractivity contribution < 1.29 is 14.0 Å². The third-order valence-corrected chi connectivity index (χ3v) is 3.93. The second kappa shape index (κ2) is 9.87. The van der Waals surface area contributed by atoms with Crippen molar-refractivity contribution in [1.29, 1.82) is 0 Å². The summed E-state index contributed by atoms with van der Waals surface area (Å²) in [5.41, 5.74) is 3.79. The van der Waals surface area contributed by atoms with Crippen molar-refractivity contribution in [1.82, 2.24) is 5.43 Å². The largest absolute Gasteiger partial charge is 0.326 e. The van der Waals surface area contributed by atoms with Crippen molar-refractivity contribution in [2.24, 2.45) is 5.10 Å². The van der Waals surface area contributed by atoms with Gasteiger partial charge in [-0.3, -0.25) is 9.59 Å². The zero-order chi connectivity index (χ0) is 18.1. The lowest BCUT2D eigenvalue weighted by Crippen LogP contribution is -2.18. The summed E-state index contributed by atoms with van der Waals surface area (Å²) in [5.74, 6) is -0.742. The van der Waals surface area contributed by atoms with E-state index in [9.17, 15) is 14.0 Å². The molecule has 5 nitrogen and oxygen atoms in total. The van der Waals surface area contributed by atoms with Gasteiger partial charge >= 0.3 is 0 Å². The molecule has 2 N–H and O–H groups in total. The Morgan fingerprint density at radius 2 is 1.64 bits per heavy atom. The van der Waals surface area contributed by atoms with Gasteiger partial charge in [0.05, 0.1) is 6.21 Å². The summed E-state index contributed by atoms with van der Waals surface area (Å²) >= 11 is 2.19. The Hall–Kier alpha value is -2.29. The van der Waals surface area contributed by atoms with Crippen molar-refractivity contribution in [2.45, 2.75) is 19.3 Å². The minimum absolute atomic E-state index is 0.135. The third kappa shape index (κ3) is 7.42. The van der Waals surface area contributed by atoms with E-state index >= 15 is 0 Å². The second-order valence-electron chi connectivity index (χ2n) is 5.25. The van der Waals surface area contributed by atoms with E-state index in [0.717, 1.165) is 9.26 Å². The van der Waals surface area contributed by atoms with Crippen LogP contribution in [0.5, 0.6) is 0 Å². The summed E-state index contributed by atoms with van der Waals surface area (Å²) in [5, 5.41) is 6.57. The zero-order valence-electron chi connectivity index (χ0n) is 13.3. The quantitative estimate of drug-likeness (QED) is 0.382. The van der Waals surface area contributed by atoms with Crippen LogP contribution < -0.4 is 10.7 Å². The Morgan fingerprint density at radius 3 is 2.32 bits per heavy atom. The predicted octanol–water partition coefficient (Wildman–Crippen LogP) is 3.69. The number of hydrazone groups is 1. The molecule has 0 saturated carbocycles. The molecule has 0 aliphatic carbocycles. The van der Waals surface area contributed by atoms with Gasteiger partial charge in [-0.05, 0) is 71.0 Å². The molecule has 0 radical (unpaired) electrons. The van der Waals surface area contributed by atoms with E-state index in [1.165, 1.54) is 18.3 Å². The van der Waals surface area contributed by atoms with Crippen LogP contribution in [0.3, 0.4) is 0 Å². The predicted molar refractivity (Wildman–Crippen MR) is 104 cm³/mol. The van der Waals surface area contributed by atoms with Crippen LogP contribution in [-0.2, 0) is 9.59 Å². The highest BCUT2D eigenvalue weighted by Crippen LogP contribution is 2.11. The summed E-state index contributed by atoms with van der Waals surface area (Å²) in [4.78, 5) is 23.4. The average Bonchev–Trinajstić information content (AvgIpc) is 2.59. The Kier molecular flexibility index (Phi) is 7.52. The summed E-state index contributed by atoms with van der Waals surface area (Å²) < 4.78 is 13.8. The summed E-state index contributed by atoms with van der Waals surface area (Å²) in [6.45, 7) is 0. The number of hydrogen-bond donors (Lipinski definition) is 2. The fraction of sp³-hybridized carbons (Fsp3) is 0.167. The van der Waals surface area contributed by atoms with E-state index in [0.29, 0.717) is 12.0 Å². The van der Waals surface area contributed by atoms with Gasteiger partial charge in [0.15, 0.2) is 0 Å². The number of nitrogens with zero attached hydrogens (tertiary/aromatic N) is 1. The summed E-state index contributed by atoms with van der Waals surface area (Å²) in [7, 11) is 0. The number of hydrogen-bond acceptors (Lipinski definition) is 3. The van der Waals surface area contributed by atoms with Crippen LogP contribution in [0.4, 0.5) is 10.1 Å². The van der Waals surface area contributed by atoms with Crippen LogP contribution in [0, 0.1) is 9.39 Å². The van der Waals surface area contributed by atoms with Crippen molar-refractivity contribution >= 4 is 46.3 Å². The van der Waals surface area contributed by atoms with Crippen molar-refractivity contribution in [3.05, 3.63) is 63.5 Å². The number of halogens is 2. The molecule has 0 bridgehead atoms. The molecular weight excluding hydrogens is 436 g/mol. The van der Waals surface area contributed by atoms with Gasteiger partial charge in [-0.25, -0.2) is 9.82 Å². The maximum Gasteiger partial charge on any atom is 0.240 e. The van der Waals surface area contributed by atoms with Crippen LogP contribution in [-0.4, -0.2) is 18.0 Å². The smallest absolute Gasteiger partial charge is 0.240 e. The molecule has 0 spiro atoms. The Morgan fingerprint density at radius 1 is 1.00 bits per heavy atom. The number of carbonyl (C=O) groups excluding carboxylic acids is 2. The highest BCUT2D eigenvalue weighted by atomic mass is 127. The normalized spacial score (nSPS) is 10.6. The standard InChI is InChI=1S/C18H17FIN3O2/c19-14-6-4-13(5-7-14)12-21-23-18(25)3-1-2-17(24)22-16-10-8-15(20)9-11-16/h4-12H,1-3H2,(H,22,24)(H,23,25)/b21-12-. The van der Waals surface area contributed by atoms with E-state index in [1.807, 2.05) is 24.3 Å². The minimum Gasteiger partial charge on any atom is -0.326 e. The lowest BCUT2D eigenvalue weighted by Gasteiger charge is -2.05. The van der Waals surface area contributed by atoms with Crippen molar-refractivity contribution in [3.8, 4) is 0 Å². The second-order valence-corrected chi connectivity index (χ2v) is 6.50. The van der Waals surface area contributed by atoms with Gasteiger partial charge in [0.1, 0.15) is 5.82 Å². The Balaban J connectivity index is 1.65. The molecule has 0 atom stereocenters. The van der Waals surface area contributed by atoms with Crippen LogP contribution in [0.25, 0.3) is 0 Å². The van der Waals surface area contributed by atoms with Crippen LogP contribution in [0.15, 0.2) is 53.6 Å². The van der Waals surface area contributed by atoms with Crippen molar-refractivity contribution in [3.63, 3.8) is 0 Å². The molecule has 2 rings (SSSR count). The molecule has 130 valence electrons. The lowest BCUT2D eigenvalue weighted by molar-refractivity contribution is -0.121. The maximum absolute atomic E-state index is 12.7. The molecule has 2 aromatic rings. The molecule has 25 heavy (non-hydrogen) atoms. The first-order chi connectivity index (χ1) is 12.0. The van der Waals surface area contributed by atoms with E-state index in [4.69, 9.17) is 0 Å². The molecule has 0 aromatic heterocycles. The number of carbonyl (C=O) groups is 2. The Bertz CT molecular complexity index is 746. The van der Waals surface area contributed by atoms with E-state index in [1.54, 1.807) is 12.1 Å². The van der Waals surface area contributed by atoms with E-state index < -0.39 is 0 Å². The maximum atomic E-state index is 12.7. The first-order valence-corrected chi connectivity index (χ1v) is 8.74. The summed E-state index contributed by atoms with van der Waals surface area (Å²) in [6.07, 6.45) is 2.30. The third-order valence-electron chi connectivity index (χ3n) is 3.21. The highest BCUT2D eigenvalue weighted by molar-refractivity contribution is 14.1. The summed E-state index contributed by atoms with van der Waals surface area (Å²) in [6, 6.07) is 13.2. The van der Waals surface area contributed by atoms with Crippen molar-refractivity contribution in [2.75, 3.05) is 5.32 Å². The van der Waals surface area contributed by atoms with Gasteiger partial charge in [-0.15, -0.1) is 0 Å². The molecule has 0 aliphatic rings. The molecule has 2 aromatic carbocycles. The topological polar surface area (TPSA) is 70.6 Å². The average molecular weight is 453 g/mol. The van der Waals surface area contributed by atoms with Gasteiger partial charge in [0, 0.05) is 22.1 Å². The molecule has 0 aliphatic heterocycles. The highest BCUT2D eigenvalue weighted by Gasteiger charge is 2.05. The minimum atomic E-state index is -0.329. The van der Waals surface area contributed by atoms with Gasteiger partial charge < -0.3 is 5.32 Å². The number of rotatable bonds is 7. The first kappa shape index (κ1) is 19.0.